The van der Waals surface area contributed by atoms with Crippen LogP contribution in [0, 0.1) is 11.3 Å². The maximum Gasteiger partial charge on any atom is 0.374 e. The Morgan fingerprint density at radius 2 is 1.78 bits per heavy atom. The zero-order chi connectivity index (χ0) is 34.2. The molecule has 3 N–H and O–H groups in total. The first kappa shape index (κ1) is 37.5. The zero-order valence-electron chi connectivity index (χ0n) is 28.2. The first-order chi connectivity index (χ1) is 21.6. The lowest BCUT2D eigenvalue weighted by Gasteiger charge is -2.36. The third-order valence-corrected chi connectivity index (χ3v) is 9.79. The number of hydrogen-bond acceptors (Lipinski definition) is 6. The molecular formula is C35H52ClN3O7. The van der Waals surface area contributed by atoms with Crippen LogP contribution in [0.3, 0.4) is 0 Å². The fourth-order valence-corrected chi connectivity index (χ4v) is 7.14. The summed E-state index contributed by atoms with van der Waals surface area (Å²) >= 11 is 6.27. The molecule has 1 unspecified atom stereocenters. The molecule has 2 fully saturated rings. The maximum atomic E-state index is 14.5. The number of carbonyl (C=O) groups is 5. The van der Waals surface area contributed by atoms with E-state index in [0.29, 0.717) is 24.3 Å². The van der Waals surface area contributed by atoms with Crippen molar-refractivity contribution < 1.29 is 33.8 Å². The lowest BCUT2D eigenvalue weighted by molar-refractivity contribution is -0.151. The van der Waals surface area contributed by atoms with Crippen molar-refractivity contribution in [1.82, 2.24) is 15.5 Å². The van der Waals surface area contributed by atoms with Crippen LogP contribution in [0.2, 0.25) is 5.02 Å². The van der Waals surface area contributed by atoms with Crippen molar-refractivity contribution in [3.63, 3.8) is 0 Å². The molecule has 3 rings (SSSR count). The number of benzene rings is 1. The largest absolute Gasteiger partial charge is 0.475 e. The van der Waals surface area contributed by atoms with Crippen molar-refractivity contribution >= 4 is 41.1 Å². The van der Waals surface area contributed by atoms with Gasteiger partial charge >= 0.3 is 5.97 Å². The van der Waals surface area contributed by atoms with Crippen LogP contribution in [0.1, 0.15) is 110 Å². The highest BCUT2D eigenvalue weighted by Gasteiger charge is 2.52. The summed E-state index contributed by atoms with van der Waals surface area (Å²) in [6, 6.07) is 4.29. The van der Waals surface area contributed by atoms with Gasteiger partial charge in [0.25, 0.3) is 5.78 Å². The van der Waals surface area contributed by atoms with Gasteiger partial charge in [-0.2, -0.15) is 0 Å². The number of aliphatic carboxylic acids is 1. The minimum absolute atomic E-state index is 0.0487. The minimum Gasteiger partial charge on any atom is -0.475 e. The van der Waals surface area contributed by atoms with E-state index in [1.54, 1.807) is 20.1 Å². The normalized spacial score (nSPS) is 22.5. The average Bonchev–Trinajstić information content (AvgIpc) is 3.39. The van der Waals surface area contributed by atoms with Crippen molar-refractivity contribution in [3.8, 4) is 0 Å². The van der Waals surface area contributed by atoms with Gasteiger partial charge in [0.05, 0.1) is 18.2 Å². The third-order valence-electron chi connectivity index (χ3n) is 9.55. The maximum absolute atomic E-state index is 14.5. The van der Waals surface area contributed by atoms with Gasteiger partial charge < -0.3 is 25.4 Å². The predicted molar refractivity (Wildman–Crippen MR) is 176 cm³/mol. The number of Topliss-reactive ketones (excluding diaryl/α,β-unsaturated/α-hetero) is 1. The average molecular weight is 662 g/mol. The van der Waals surface area contributed by atoms with Crippen molar-refractivity contribution in [2.75, 3.05) is 13.7 Å². The molecular weight excluding hydrogens is 610 g/mol. The Hall–Kier alpha value is -2.98. The van der Waals surface area contributed by atoms with Crippen LogP contribution in [0.4, 0.5) is 0 Å². The van der Waals surface area contributed by atoms with Gasteiger partial charge in [0.15, 0.2) is 0 Å². The molecule has 5 atom stereocenters. The molecule has 46 heavy (non-hydrogen) atoms. The van der Waals surface area contributed by atoms with Crippen molar-refractivity contribution in [3.05, 3.63) is 34.9 Å². The number of rotatable bonds is 14. The number of carbonyl (C=O) groups excluding carboxylic acids is 4. The summed E-state index contributed by atoms with van der Waals surface area (Å²) < 4.78 is 6.11. The van der Waals surface area contributed by atoms with Crippen LogP contribution in [-0.4, -0.2) is 76.9 Å². The molecule has 0 bridgehead atoms. The Bertz CT molecular complexity index is 1260. The van der Waals surface area contributed by atoms with Gasteiger partial charge in [0.1, 0.15) is 12.1 Å². The van der Waals surface area contributed by atoms with Gasteiger partial charge in [-0.25, -0.2) is 4.79 Å². The number of nitrogens with zero attached hydrogens (tertiary/aromatic N) is 1. The summed E-state index contributed by atoms with van der Waals surface area (Å²) in [5, 5.41) is 15.6. The van der Waals surface area contributed by atoms with E-state index in [9.17, 15) is 29.1 Å². The molecule has 0 aromatic heterocycles. The molecule has 0 radical (unpaired) electrons. The molecule has 1 saturated heterocycles. The van der Waals surface area contributed by atoms with Gasteiger partial charge in [0.2, 0.25) is 17.7 Å². The molecule has 1 heterocycles. The minimum atomic E-state index is -1.63. The summed E-state index contributed by atoms with van der Waals surface area (Å²) in [4.78, 5) is 67.1. The Kier molecular flexibility index (Phi) is 13.2. The first-order valence-corrected chi connectivity index (χ1v) is 17.0. The second-order valence-corrected chi connectivity index (χ2v) is 14.8. The fourth-order valence-electron chi connectivity index (χ4n) is 6.94. The molecule has 11 heteroatoms. The second-order valence-electron chi connectivity index (χ2n) is 14.3. The van der Waals surface area contributed by atoms with E-state index in [1.165, 1.54) is 11.3 Å². The molecule has 256 valence electrons. The molecule has 1 saturated carbocycles. The van der Waals surface area contributed by atoms with E-state index < -0.39 is 52.7 Å². The van der Waals surface area contributed by atoms with Crippen LogP contribution in [0.15, 0.2) is 24.3 Å². The quantitative estimate of drug-likeness (QED) is 0.231. The van der Waals surface area contributed by atoms with Gasteiger partial charge in [-0.05, 0) is 60.6 Å². The lowest BCUT2D eigenvalue weighted by atomic mass is 9.84. The van der Waals surface area contributed by atoms with Crippen LogP contribution >= 0.6 is 11.6 Å². The van der Waals surface area contributed by atoms with Gasteiger partial charge in [-0.3, -0.25) is 19.2 Å². The lowest BCUT2D eigenvalue weighted by Crippen LogP contribution is -2.59. The van der Waals surface area contributed by atoms with Gasteiger partial charge in [-0.1, -0.05) is 84.0 Å². The van der Waals surface area contributed by atoms with Crippen LogP contribution in [-0.2, 0) is 28.7 Å². The number of ketones is 1. The second kappa shape index (κ2) is 16.2. The summed E-state index contributed by atoms with van der Waals surface area (Å²) in [5.41, 5.74) is -0.644. The first-order valence-electron chi connectivity index (χ1n) is 16.6. The standard InChI is InChI=1S/C35H52ClN3O7/c1-7-12-26(29(41)33(44)45)37-31(42)27-20-35(46-6,19-22(2)24-15-11-16-25(36)18-24)21-39(27)32(43)30(34(3,4)5)38-28(40)17-23-13-9-8-10-14-23/h11,15-16,18,22-23,26-27,30H,7-10,12-14,17,19-21H2,1-6H3,(H,37,42)(H,38,40)(H,44,45)/t22?,26-,27-,30+,35+/m0/s1. The number of likely N-dealkylation sites (tertiary alicyclic amines) is 1. The Morgan fingerprint density at radius 3 is 2.35 bits per heavy atom. The molecule has 0 spiro atoms. The number of ether oxygens (including phenoxy) is 1. The Morgan fingerprint density at radius 1 is 1.11 bits per heavy atom. The van der Waals surface area contributed by atoms with Gasteiger partial charge in [-0.15, -0.1) is 0 Å². The number of methoxy groups -OCH3 is 1. The number of halogens is 1. The van der Waals surface area contributed by atoms with E-state index >= 15 is 0 Å². The number of hydrogen-bond donors (Lipinski definition) is 3. The number of carboxylic acids is 1. The molecule has 3 amide bonds. The molecule has 1 aromatic rings. The highest BCUT2D eigenvalue weighted by molar-refractivity contribution is 6.35. The summed E-state index contributed by atoms with van der Waals surface area (Å²) in [6.45, 7) is 9.50. The van der Waals surface area contributed by atoms with Gasteiger partial charge in [0, 0.05) is 25.0 Å². The van der Waals surface area contributed by atoms with E-state index in [4.69, 9.17) is 16.3 Å². The summed E-state index contributed by atoms with van der Waals surface area (Å²) in [7, 11) is 1.55. The number of carboxylic acid groups (broad SMARTS) is 1. The van der Waals surface area contributed by atoms with E-state index in [-0.39, 0.29) is 37.1 Å². The topological polar surface area (TPSA) is 142 Å². The Labute approximate surface area is 278 Å². The molecule has 10 nitrogen and oxygen atoms in total. The smallest absolute Gasteiger partial charge is 0.374 e. The molecule has 1 aliphatic carbocycles. The van der Waals surface area contributed by atoms with Crippen LogP contribution in [0.25, 0.3) is 0 Å². The molecule has 1 aromatic carbocycles. The van der Waals surface area contributed by atoms with Crippen LogP contribution < -0.4 is 10.6 Å². The van der Waals surface area contributed by atoms with E-state index in [1.807, 2.05) is 45.9 Å². The molecule has 2 aliphatic rings. The van der Waals surface area contributed by atoms with Crippen molar-refractivity contribution in [2.45, 2.75) is 128 Å². The highest BCUT2D eigenvalue weighted by Crippen LogP contribution is 2.40. The number of amides is 3. The van der Waals surface area contributed by atoms with E-state index in [2.05, 4.69) is 10.6 Å². The monoisotopic (exact) mass is 661 g/mol. The van der Waals surface area contributed by atoms with Crippen molar-refractivity contribution in [2.24, 2.45) is 11.3 Å². The van der Waals surface area contributed by atoms with Crippen molar-refractivity contribution in [1.29, 1.82) is 0 Å². The van der Waals surface area contributed by atoms with E-state index in [0.717, 1.165) is 31.2 Å². The fraction of sp³-hybridized carbons (Fsp3) is 0.686. The highest BCUT2D eigenvalue weighted by atomic mass is 35.5. The Balaban J connectivity index is 1.94. The molecule has 1 aliphatic heterocycles. The third kappa shape index (κ3) is 9.77. The zero-order valence-corrected chi connectivity index (χ0v) is 29.0. The van der Waals surface area contributed by atoms with Crippen LogP contribution in [0.5, 0.6) is 0 Å². The number of nitrogens with one attached hydrogen (secondary N) is 2. The summed E-state index contributed by atoms with van der Waals surface area (Å²) in [6.07, 6.45) is 6.89. The SMILES string of the molecule is CCC[C@H](NC(=O)[C@@H]1C[C@@](CC(C)c2cccc(Cl)c2)(OC)CN1C(=O)[C@@H](NC(=O)CC1CCCCC1)C(C)(C)C)C(=O)C(=O)O. The predicted octanol–water partition coefficient (Wildman–Crippen LogP) is 5.26. The summed E-state index contributed by atoms with van der Waals surface area (Å²) in [5.74, 6) is -3.75.